The molecule has 2 aromatic carbocycles. The van der Waals surface area contributed by atoms with Crippen LogP contribution in [0.25, 0.3) is 11.0 Å². The van der Waals surface area contributed by atoms with Crippen molar-refractivity contribution in [3.63, 3.8) is 0 Å². The van der Waals surface area contributed by atoms with Gasteiger partial charge in [-0.05, 0) is 35.6 Å². The minimum atomic E-state index is 0.616. The zero-order chi connectivity index (χ0) is 18.6. The van der Waals surface area contributed by atoms with Crippen molar-refractivity contribution in [2.75, 3.05) is 26.3 Å². The number of rotatable bonds is 6. The summed E-state index contributed by atoms with van der Waals surface area (Å²) in [6, 6.07) is 17.6. The summed E-state index contributed by atoms with van der Waals surface area (Å²) in [5.41, 5.74) is 5.04. The third kappa shape index (κ3) is 4.07. The number of morpholine rings is 1. The molecular formula is C23H29N3O. The molecular weight excluding hydrogens is 334 g/mol. The number of fused-ring (bicyclic) bond motifs is 1. The summed E-state index contributed by atoms with van der Waals surface area (Å²) >= 11 is 0. The van der Waals surface area contributed by atoms with E-state index < -0.39 is 0 Å². The first-order chi connectivity index (χ1) is 13.2. The smallest absolute Gasteiger partial charge is 0.124 e. The second-order valence-corrected chi connectivity index (χ2v) is 7.54. The first-order valence-electron chi connectivity index (χ1n) is 10.1. The molecule has 1 saturated heterocycles. The molecule has 0 radical (unpaired) electrons. The number of para-hydroxylation sites is 2. The van der Waals surface area contributed by atoms with E-state index in [2.05, 4.69) is 71.8 Å². The Morgan fingerprint density at radius 2 is 1.74 bits per heavy atom. The Hall–Kier alpha value is -2.17. The van der Waals surface area contributed by atoms with Crippen molar-refractivity contribution in [1.82, 2.24) is 14.5 Å². The van der Waals surface area contributed by atoms with Gasteiger partial charge >= 0.3 is 0 Å². The maximum Gasteiger partial charge on any atom is 0.124 e. The van der Waals surface area contributed by atoms with E-state index in [0.717, 1.165) is 50.7 Å². The summed E-state index contributed by atoms with van der Waals surface area (Å²) < 4.78 is 7.87. The minimum Gasteiger partial charge on any atom is -0.379 e. The summed E-state index contributed by atoms with van der Waals surface area (Å²) in [4.78, 5) is 7.38. The molecule has 0 saturated carbocycles. The van der Waals surface area contributed by atoms with Gasteiger partial charge in [0.05, 0.1) is 30.8 Å². The first kappa shape index (κ1) is 18.2. The van der Waals surface area contributed by atoms with Crippen molar-refractivity contribution in [3.05, 3.63) is 65.5 Å². The predicted octanol–water partition coefficient (Wildman–Crippen LogP) is 4.43. The van der Waals surface area contributed by atoms with E-state index in [1.54, 1.807) is 0 Å². The van der Waals surface area contributed by atoms with E-state index in [4.69, 9.17) is 9.72 Å². The second-order valence-electron chi connectivity index (χ2n) is 7.54. The molecule has 0 amide bonds. The van der Waals surface area contributed by atoms with E-state index >= 15 is 0 Å². The molecule has 1 aliphatic heterocycles. The van der Waals surface area contributed by atoms with E-state index in [9.17, 15) is 0 Å². The molecule has 4 rings (SSSR count). The van der Waals surface area contributed by atoms with Gasteiger partial charge in [-0.15, -0.1) is 0 Å². The van der Waals surface area contributed by atoms with Crippen molar-refractivity contribution >= 4 is 11.0 Å². The third-order valence-corrected chi connectivity index (χ3v) is 5.70. The Morgan fingerprint density at radius 3 is 2.48 bits per heavy atom. The second kappa shape index (κ2) is 8.24. The lowest BCUT2D eigenvalue weighted by molar-refractivity contribution is 0.0327. The Labute approximate surface area is 161 Å². The van der Waals surface area contributed by atoms with Gasteiger partial charge in [0.2, 0.25) is 0 Å². The molecule has 2 heterocycles. The largest absolute Gasteiger partial charge is 0.379 e. The Bertz CT molecular complexity index is 878. The Balaban J connectivity index is 1.62. The van der Waals surface area contributed by atoms with Crippen LogP contribution < -0.4 is 0 Å². The number of imidazole rings is 1. The highest BCUT2D eigenvalue weighted by Crippen LogP contribution is 2.22. The molecule has 3 aromatic rings. The number of ether oxygens (including phenoxy) is 1. The third-order valence-electron chi connectivity index (χ3n) is 5.70. The molecule has 0 N–H and O–H groups in total. The summed E-state index contributed by atoms with van der Waals surface area (Å²) in [6.07, 6.45) is 1.18. The number of hydrogen-bond acceptors (Lipinski definition) is 3. The zero-order valence-corrected chi connectivity index (χ0v) is 16.4. The van der Waals surface area contributed by atoms with Crippen LogP contribution in [0, 0.1) is 0 Å². The van der Waals surface area contributed by atoms with Gasteiger partial charge in [-0.2, -0.15) is 0 Å². The molecule has 0 unspecified atom stereocenters. The van der Waals surface area contributed by atoms with E-state index in [0.29, 0.717) is 5.92 Å². The van der Waals surface area contributed by atoms with Crippen LogP contribution in [0.15, 0.2) is 48.5 Å². The van der Waals surface area contributed by atoms with Crippen molar-refractivity contribution < 1.29 is 4.74 Å². The molecule has 0 bridgehead atoms. The van der Waals surface area contributed by atoms with Crippen molar-refractivity contribution in [2.45, 2.75) is 39.3 Å². The predicted molar refractivity (Wildman–Crippen MR) is 110 cm³/mol. The summed E-state index contributed by atoms with van der Waals surface area (Å²) in [5, 5.41) is 0. The molecule has 1 atom stereocenters. The number of aromatic nitrogens is 2. The standard InChI is InChI=1S/C23H29N3O/c1-3-18(2)20-10-8-19(9-11-20)16-26-22-7-5-4-6-21(22)24-23(26)17-25-12-14-27-15-13-25/h4-11,18H,3,12-17H2,1-2H3/t18-/m1/s1. The van der Waals surface area contributed by atoms with E-state index in [1.165, 1.54) is 23.1 Å². The van der Waals surface area contributed by atoms with Crippen molar-refractivity contribution in [1.29, 1.82) is 0 Å². The summed E-state index contributed by atoms with van der Waals surface area (Å²) in [6.45, 7) is 9.87. The first-order valence-corrected chi connectivity index (χ1v) is 10.1. The van der Waals surface area contributed by atoms with Crippen LogP contribution in [0.3, 0.4) is 0 Å². The van der Waals surface area contributed by atoms with Crippen molar-refractivity contribution in [3.8, 4) is 0 Å². The van der Waals surface area contributed by atoms with Crippen LogP contribution in [0.1, 0.15) is 43.1 Å². The molecule has 1 aliphatic rings. The van der Waals surface area contributed by atoms with Crippen LogP contribution in [-0.2, 0) is 17.8 Å². The fourth-order valence-corrected chi connectivity index (χ4v) is 3.75. The van der Waals surface area contributed by atoms with Crippen LogP contribution in [0.5, 0.6) is 0 Å². The molecule has 1 aromatic heterocycles. The minimum absolute atomic E-state index is 0.616. The van der Waals surface area contributed by atoms with Crippen molar-refractivity contribution in [2.24, 2.45) is 0 Å². The fourth-order valence-electron chi connectivity index (χ4n) is 3.75. The number of nitrogens with zero attached hydrogens (tertiary/aromatic N) is 3. The highest BCUT2D eigenvalue weighted by atomic mass is 16.5. The normalized spacial score (nSPS) is 16.7. The average molecular weight is 364 g/mol. The van der Waals surface area contributed by atoms with Gasteiger partial charge in [0.25, 0.3) is 0 Å². The molecule has 0 aliphatic carbocycles. The lowest BCUT2D eigenvalue weighted by Crippen LogP contribution is -2.36. The SMILES string of the molecule is CC[C@@H](C)c1ccc(Cn2c(CN3CCOCC3)nc3ccccc32)cc1. The fraction of sp³-hybridized carbons (Fsp3) is 0.435. The Morgan fingerprint density at radius 1 is 1.00 bits per heavy atom. The maximum atomic E-state index is 5.49. The molecule has 0 spiro atoms. The molecule has 27 heavy (non-hydrogen) atoms. The highest BCUT2D eigenvalue weighted by Gasteiger charge is 2.17. The monoisotopic (exact) mass is 363 g/mol. The maximum absolute atomic E-state index is 5.49. The topological polar surface area (TPSA) is 30.3 Å². The van der Waals surface area contributed by atoms with Gasteiger partial charge in [-0.3, -0.25) is 4.90 Å². The molecule has 4 nitrogen and oxygen atoms in total. The van der Waals surface area contributed by atoms with Crippen LogP contribution in [0.2, 0.25) is 0 Å². The zero-order valence-electron chi connectivity index (χ0n) is 16.4. The lowest BCUT2D eigenvalue weighted by atomic mass is 9.98. The average Bonchev–Trinajstić information content (AvgIpc) is 3.06. The van der Waals surface area contributed by atoms with Crippen LogP contribution in [-0.4, -0.2) is 40.8 Å². The molecule has 142 valence electrons. The van der Waals surface area contributed by atoms with Gasteiger partial charge in [-0.1, -0.05) is 50.2 Å². The number of benzene rings is 2. The van der Waals surface area contributed by atoms with Gasteiger partial charge in [0.1, 0.15) is 5.82 Å². The molecule has 4 heteroatoms. The van der Waals surface area contributed by atoms with Crippen LogP contribution >= 0.6 is 0 Å². The quantitative estimate of drug-likeness (QED) is 0.649. The van der Waals surface area contributed by atoms with E-state index in [-0.39, 0.29) is 0 Å². The summed E-state index contributed by atoms with van der Waals surface area (Å²) in [5.74, 6) is 1.76. The van der Waals surface area contributed by atoms with Gasteiger partial charge < -0.3 is 9.30 Å². The highest BCUT2D eigenvalue weighted by molar-refractivity contribution is 5.76. The van der Waals surface area contributed by atoms with E-state index in [1.807, 2.05) is 0 Å². The molecule has 1 fully saturated rings. The summed E-state index contributed by atoms with van der Waals surface area (Å²) in [7, 11) is 0. The number of hydrogen-bond donors (Lipinski definition) is 0. The lowest BCUT2D eigenvalue weighted by Gasteiger charge is -2.26. The van der Waals surface area contributed by atoms with Gasteiger partial charge in [-0.25, -0.2) is 4.98 Å². The van der Waals surface area contributed by atoms with Gasteiger partial charge in [0.15, 0.2) is 0 Å². The Kier molecular flexibility index (Phi) is 5.55. The van der Waals surface area contributed by atoms with Gasteiger partial charge in [0, 0.05) is 19.6 Å². The van der Waals surface area contributed by atoms with Crippen LogP contribution in [0.4, 0.5) is 0 Å².